The molecule has 112 valence electrons. The number of benzene rings is 1. The summed E-state index contributed by atoms with van der Waals surface area (Å²) in [6.07, 6.45) is 0.189. The number of rotatable bonds is 6. The molecule has 21 heavy (non-hydrogen) atoms. The monoisotopic (exact) mass is 325 g/mol. The highest BCUT2D eigenvalue weighted by Crippen LogP contribution is 2.26. The van der Waals surface area contributed by atoms with Gasteiger partial charge in [0, 0.05) is 5.75 Å². The topological polar surface area (TPSA) is 54.9 Å². The molecule has 1 amide bonds. The molecule has 0 fully saturated rings. The number of halogens is 1. The normalized spacial score (nSPS) is 10.9. The van der Waals surface area contributed by atoms with Gasteiger partial charge in [0.1, 0.15) is 5.82 Å². The average molecular weight is 325 g/mol. The van der Waals surface area contributed by atoms with E-state index in [1.54, 1.807) is 23.9 Å². The fourth-order valence-electron chi connectivity index (χ4n) is 1.51. The molecule has 2 aromatic rings. The number of nitrogens with one attached hydrogen (secondary N) is 1. The molecule has 1 aromatic heterocycles. The van der Waals surface area contributed by atoms with Gasteiger partial charge in [-0.25, -0.2) is 4.39 Å². The van der Waals surface area contributed by atoms with Gasteiger partial charge in [0.2, 0.25) is 11.0 Å². The zero-order valence-electron chi connectivity index (χ0n) is 11.8. The minimum Gasteiger partial charge on any atom is -0.300 e. The first-order valence-electron chi connectivity index (χ1n) is 6.53. The molecule has 0 saturated heterocycles. The summed E-state index contributed by atoms with van der Waals surface area (Å²) in [5, 5.41) is 11.2. The largest absolute Gasteiger partial charge is 0.300 e. The van der Waals surface area contributed by atoms with Crippen LogP contribution in [0, 0.1) is 11.7 Å². The summed E-state index contributed by atoms with van der Waals surface area (Å²) in [5.41, 5.74) is 0.757. The Morgan fingerprint density at radius 2 is 2.05 bits per heavy atom. The van der Waals surface area contributed by atoms with E-state index in [-0.39, 0.29) is 18.1 Å². The van der Waals surface area contributed by atoms with Crippen LogP contribution in [0.15, 0.2) is 28.6 Å². The highest BCUT2D eigenvalue weighted by molar-refractivity contribution is 8.01. The van der Waals surface area contributed by atoms with Crippen molar-refractivity contribution in [2.24, 2.45) is 5.92 Å². The van der Waals surface area contributed by atoms with Crippen molar-refractivity contribution in [2.75, 3.05) is 11.1 Å². The smallest absolute Gasteiger partial charge is 0.230 e. The number of anilines is 1. The molecule has 0 aliphatic rings. The van der Waals surface area contributed by atoms with E-state index < -0.39 is 0 Å². The second-order valence-electron chi connectivity index (χ2n) is 4.93. The third-order valence-corrected chi connectivity index (χ3v) is 4.87. The van der Waals surface area contributed by atoms with Crippen molar-refractivity contribution in [2.45, 2.75) is 24.6 Å². The SMILES string of the molecule is CC(C)CSc1nnc(NC(=O)Cc2ccc(F)cc2)s1. The van der Waals surface area contributed by atoms with Gasteiger partial charge in [-0.1, -0.05) is 49.1 Å². The Kier molecular flexibility index (Phi) is 5.69. The first-order valence-corrected chi connectivity index (χ1v) is 8.33. The first-order chi connectivity index (χ1) is 10.0. The number of thioether (sulfide) groups is 1. The zero-order valence-corrected chi connectivity index (χ0v) is 13.4. The molecule has 4 nitrogen and oxygen atoms in total. The van der Waals surface area contributed by atoms with Crippen molar-refractivity contribution >= 4 is 34.1 Å². The van der Waals surface area contributed by atoms with Crippen molar-refractivity contribution in [3.8, 4) is 0 Å². The average Bonchev–Trinajstić information content (AvgIpc) is 2.86. The van der Waals surface area contributed by atoms with Crippen LogP contribution in [0.1, 0.15) is 19.4 Å². The number of nitrogens with zero attached hydrogens (tertiary/aromatic N) is 2. The number of aromatic nitrogens is 2. The number of hydrogen-bond acceptors (Lipinski definition) is 5. The molecule has 2 rings (SSSR count). The Balaban J connectivity index is 1.86. The van der Waals surface area contributed by atoms with Crippen LogP contribution in [0.4, 0.5) is 9.52 Å². The number of carbonyl (C=O) groups is 1. The van der Waals surface area contributed by atoms with Gasteiger partial charge < -0.3 is 5.32 Å². The predicted octanol–water partition coefficient (Wildman–Crippen LogP) is 3.61. The molecular formula is C14H16FN3OS2. The van der Waals surface area contributed by atoms with Gasteiger partial charge >= 0.3 is 0 Å². The summed E-state index contributed by atoms with van der Waals surface area (Å²) in [4.78, 5) is 11.9. The van der Waals surface area contributed by atoms with Gasteiger partial charge in [-0.05, 0) is 23.6 Å². The Hall–Kier alpha value is -1.47. The first kappa shape index (κ1) is 15.9. The highest BCUT2D eigenvalue weighted by Gasteiger charge is 2.10. The zero-order chi connectivity index (χ0) is 15.2. The molecule has 0 saturated carbocycles. The fourth-order valence-corrected chi connectivity index (χ4v) is 3.25. The van der Waals surface area contributed by atoms with E-state index in [2.05, 4.69) is 29.4 Å². The second-order valence-corrected chi connectivity index (χ2v) is 7.17. The molecule has 0 bridgehead atoms. The van der Waals surface area contributed by atoms with E-state index in [0.717, 1.165) is 15.7 Å². The Morgan fingerprint density at radius 1 is 1.33 bits per heavy atom. The molecule has 1 N–H and O–H groups in total. The second kappa shape index (κ2) is 7.51. The van der Waals surface area contributed by atoms with Gasteiger partial charge in [0.05, 0.1) is 6.42 Å². The third-order valence-electron chi connectivity index (χ3n) is 2.47. The van der Waals surface area contributed by atoms with E-state index in [9.17, 15) is 9.18 Å². The van der Waals surface area contributed by atoms with E-state index in [0.29, 0.717) is 11.0 Å². The fraction of sp³-hybridized carbons (Fsp3) is 0.357. The van der Waals surface area contributed by atoms with Crippen LogP contribution in [-0.2, 0) is 11.2 Å². The summed E-state index contributed by atoms with van der Waals surface area (Å²) in [6.45, 7) is 4.28. The van der Waals surface area contributed by atoms with Crippen LogP contribution < -0.4 is 5.32 Å². The Morgan fingerprint density at radius 3 is 2.71 bits per heavy atom. The van der Waals surface area contributed by atoms with Crippen molar-refractivity contribution in [1.29, 1.82) is 0 Å². The molecule has 0 unspecified atom stereocenters. The van der Waals surface area contributed by atoms with E-state index in [1.807, 2.05) is 0 Å². The van der Waals surface area contributed by atoms with Crippen LogP contribution in [0.5, 0.6) is 0 Å². The minimum atomic E-state index is -0.310. The van der Waals surface area contributed by atoms with Gasteiger partial charge in [-0.15, -0.1) is 10.2 Å². The number of carbonyl (C=O) groups excluding carboxylic acids is 1. The predicted molar refractivity (Wildman–Crippen MR) is 84.2 cm³/mol. The maximum absolute atomic E-state index is 12.8. The molecule has 1 heterocycles. The van der Waals surface area contributed by atoms with Crippen LogP contribution in [0.2, 0.25) is 0 Å². The lowest BCUT2D eigenvalue weighted by atomic mass is 10.1. The summed E-state index contributed by atoms with van der Waals surface area (Å²) >= 11 is 3.00. The molecule has 0 aliphatic carbocycles. The van der Waals surface area contributed by atoms with Crippen LogP contribution >= 0.6 is 23.1 Å². The van der Waals surface area contributed by atoms with Crippen molar-refractivity contribution < 1.29 is 9.18 Å². The lowest BCUT2D eigenvalue weighted by Crippen LogP contribution is -2.14. The molecule has 0 aliphatic heterocycles. The molecular weight excluding hydrogens is 309 g/mol. The molecule has 7 heteroatoms. The Bertz CT molecular complexity index is 599. The lowest BCUT2D eigenvalue weighted by molar-refractivity contribution is -0.115. The van der Waals surface area contributed by atoms with E-state index in [1.165, 1.54) is 23.5 Å². The molecule has 0 atom stereocenters. The van der Waals surface area contributed by atoms with E-state index >= 15 is 0 Å². The Labute approximate surface area is 131 Å². The molecule has 0 radical (unpaired) electrons. The number of amides is 1. The van der Waals surface area contributed by atoms with Gasteiger partial charge in [-0.3, -0.25) is 4.79 Å². The standard InChI is InChI=1S/C14H16FN3OS2/c1-9(2)8-20-14-18-17-13(21-14)16-12(19)7-10-3-5-11(15)6-4-10/h3-6,9H,7-8H2,1-2H3,(H,16,17,19). The van der Waals surface area contributed by atoms with Crippen molar-refractivity contribution in [3.05, 3.63) is 35.6 Å². The van der Waals surface area contributed by atoms with E-state index in [4.69, 9.17) is 0 Å². The maximum atomic E-state index is 12.8. The third kappa shape index (κ3) is 5.43. The minimum absolute atomic E-state index is 0.182. The number of hydrogen-bond donors (Lipinski definition) is 1. The van der Waals surface area contributed by atoms with Crippen molar-refractivity contribution in [3.63, 3.8) is 0 Å². The molecule has 1 aromatic carbocycles. The maximum Gasteiger partial charge on any atom is 0.230 e. The van der Waals surface area contributed by atoms with Crippen LogP contribution in [-0.4, -0.2) is 21.9 Å². The lowest BCUT2D eigenvalue weighted by Gasteiger charge is -2.01. The summed E-state index contributed by atoms with van der Waals surface area (Å²) in [7, 11) is 0. The molecule has 0 spiro atoms. The highest BCUT2D eigenvalue weighted by atomic mass is 32.2. The van der Waals surface area contributed by atoms with Crippen molar-refractivity contribution in [1.82, 2.24) is 10.2 Å². The summed E-state index contributed by atoms with van der Waals surface area (Å²) < 4.78 is 13.6. The van der Waals surface area contributed by atoms with Crippen LogP contribution in [0.3, 0.4) is 0 Å². The van der Waals surface area contributed by atoms with Gasteiger partial charge in [0.25, 0.3) is 0 Å². The van der Waals surface area contributed by atoms with Crippen LogP contribution in [0.25, 0.3) is 0 Å². The summed E-state index contributed by atoms with van der Waals surface area (Å²) in [6, 6.07) is 5.88. The van der Waals surface area contributed by atoms with Gasteiger partial charge in [0.15, 0.2) is 4.34 Å². The quantitative estimate of drug-likeness (QED) is 0.651. The van der Waals surface area contributed by atoms with Gasteiger partial charge in [-0.2, -0.15) is 0 Å². The summed E-state index contributed by atoms with van der Waals surface area (Å²) in [5.74, 6) is 1.06.